The number of anilines is 1. The monoisotopic (exact) mass is 420 g/mol. The first kappa shape index (κ1) is 22.1. The number of ether oxygens (including phenoxy) is 2. The van der Waals surface area contributed by atoms with E-state index in [1.807, 2.05) is 20.8 Å². The van der Waals surface area contributed by atoms with Gasteiger partial charge in [0, 0.05) is 11.5 Å². The van der Waals surface area contributed by atoms with E-state index < -0.39 is 41.3 Å². The van der Waals surface area contributed by atoms with Crippen molar-refractivity contribution in [1.29, 1.82) is 0 Å². The van der Waals surface area contributed by atoms with Gasteiger partial charge in [-0.15, -0.1) is 0 Å². The lowest BCUT2D eigenvalue weighted by atomic mass is 9.86. The Kier molecular flexibility index (Phi) is 6.38. The van der Waals surface area contributed by atoms with Gasteiger partial charge in [-0.2, -0.15) is 4.39 Å². The number of methoxy groups -OCH3 is 1. The molecule has 2 heterocycles. The number of aliphatic hydroxyl groups is 1. The highest BCUT2D eigenvalue weighted by Gasteiger charge is 2.46. The van der Waals surface area contributed by atoms with Gasteiger partial charge in [-0.25, -0.2) is 4.39 Å². The molecule has 3 rings (SSSR count). The van der Waals surface area contributed by atoms with Crippen LogP contribution in [0.5, 0.6) is 5.75 Å². The zero-order valence-corrected chi connectivity index (χ0v) is 17.4. The van der Waals surface area contributed by atoms with E-state index in [-0.39, 0.29) is 5.75 Å². The summed E-state index contributed by atoms with van der Waals surface area (Å²) in [7, 11) is 1.26. The molecule has 30 heavy (non-hydrogen) atoms. The van der Waals surface area contributed by atoms with Gasteiger partial charge in [-0.1, -0.05) is 13.0 Å². The number of nitrogens with zero attached hydrogens (tertiary/aromatic N) is 1. The molecule has 6 nitrogen and oxygen atoms in total. The van der Waals surface area contributed by atoms with E-state index in [9.17, 15) is 18.7 Å². The van der Waals surface area contributed by atoms with Crippen molar-refractivity contribution >= 4 is 11.6 Å². The van der Waals surface area contributed by atoms with E-state index >= 15 is 0 Å². The highest BCUT2D eigenvalue weighted by atomic mass is 19.2. The van der Waals surface area contributed by atoms with Crippen molar-refractivity contribution in [3.05, 3.63) is 53.4 Å². The summed E-state index contributed by atoms with van der Waals surface area (Å²) >= 11 is 0. The van der Waals surface area contributed by atoms with Gasteiger partial charge in [0.2, 0.25) is 5.82 Å². The number of amides is 1. The van der Waals surface area contributed by atoms with E-state index in [2.05, 4.69) is 10.3 Å². The Labute approximate surface area is 174 Å². The number of rotatable bonds is 6. The number of hydrogen-bond acceptors (Lipinski definition) is 5. The van der Waals surface area contributed by atoms with Crippen molar-refractivity contribution in [3.63, 3.8) is 0 Å². The fourth-order valence-electron chi connectivity index (χ4n) is 3.77. The normalized spacial score (nSPS) is 21.3. The smallest absolute Gasteiger partial charge is 0.254 e. The third-order valence-electron chi connectivity index (χ3n) is 5.25. The van der Waals surface area contributed by atoms with Crippen LogP contribution in [0.2, 0.25) is 0 Å². The largest absolute Gasteiger partial charge is 0.493 e. The second-order valence-electron chi connectivity index (χ2n) is 7.98. The van der Waals surface area contributed by atoms with Crippen LogP contribution in [0, 0.1) is 11.6 Å². The lowest BCUT2D eigenvalue weighted by molar-refractivity contribution is -0.130. The van der Waals surface area contributed by atoms with Crippen LogP contribution in [-0.4, -0.2) is 34.8 Å². The number of aliphatic hydroxyl groups excluding tert-OH is 1. The Morgan fingerprint density at radius 2 is 2.10 bits per heavy atom. The molecule has 0 radical (unpaired) electrons. The maximum atomic E-state index is 14.2. The molecule has 162 valence electrons. The number of pyridine rings is 1. The summed E-state index contributed by atoms with van der Waals surface area (Å²) in [6, 6.07) is 5.73. The Balaban J connectivity index is 1.86. The van der Waals surface area contributed by atoms with Crippen LogP contribution in [0.4, 0.5) is 14.5 Å². The quantitative estimate of drug-likeness (QED) is 0.735. The predicted octanol–water partition coefficient (Wildman–Crippen LogP) is 4.10. The van der Waals surface area contributed by atoms with E-state index in [0.717, 1.165) is 6.07 Å². The van der Waals surface area contributed by atoms with Gasteiger partial charge in [0.25, 0.3) is 5.91 Å². The van der Waals surface area contributed by atoms with Crippen molar-refractivity contribution in [2.45, 2.75) is 57.3 Å². The molecule has 0 bridgehead atoms. The number of benzene rings is 1. The predicted molar refractivity (Wildman–Crippen MR) is 107 cm³/mol. The fourth-order valence-corrected chi connectivity index (χ4v) is 3.77. The molecule has 0 spiro atoms. The first-order valence-electron chi connectivity index (χ1n) is 9.81. The molecule has 2 N–H and O–H groups in total. The lowest BCUT2D eigenvalue weighted by Crippen LogP contribution is -2.33. The molecule has 8 heteroatoms. The number of hydrogen-bond donors (Lipinski definition) is 2. The molecule has 1 saturated heterocycles. The van der Waals surface area contributed by atoms with Gasteiger partial charge >= 0.3 is 0 Å². The number of halogens is 2. The first-order chi connectivity index (χ1) is 14.2. The molecule has 2 aromatic rings. The summed E-state index contributed by atoms with van der Waals surface area (Å²) in [5, 5.41) is 12.6. The van der Waals surface area contributed by atoms with Crippen LogP contribution in [0.1, 0.15) is 56.9 Å². The summed E-state index contributed by atoms with van der Waals surface area (Å²) in [5.41, 5.74) is 0.687. The van der Waals surface area contributed by atoms with Crippen molar-refractivity contribution in [1.82, 2.24) is 4.98 Å². The summed E-state index contributed by atoms with van der Waals surface area (Å²) < 4.78 is 38.9. The minimum Gasteiger partial charge on any atom is -0.493 e. The first-order valence-corrected chi connectivity index (χ1v) is 9.81. The Bertz CT molecular complexity index is 918. The molecule has 1 aromatic heterocycles. The third-order valence-corrected chi connectivity index (χ3v) is 5.25. The standard InChI is InChI=1S/C22H26F2N2O4/c1-5-17(27)16-9-6-12(11-25-16)26-21(28)20-14(10-22(2,3)30-20)13-7-8-15(23)18(24)19(13)29-4/h6-9,11,14,17,20,27H,5,10H2,1-4H3,(H,26,28)/t14-,17-,20+/m0/s1. The number of carbonyl (C=O) groups is 1. The van der Waals surface area contributed by atoms with Crippen molar-refractivity contribution in [3.8, 4) is 5.75 Å². The molecule has 1 fully saturated rings. The Hall–Kier alpha value is -2.58. The molecule has 1 aliphatic rings. The summed E-state index contributed by atoms with van der Waals surface area (Å²) in [6.07, 6.45) is 0.811. The molecule has 1 amide bonds. The van der Waals surface area contributed by atoms with Crippen molar-refractivity contribution in [2.24, 2.45) is 0 Å². The van der Waals surface area contributed by atoms with Gasteiger partial charge in [0.1, 0.15) is 6.10 Å². The molecule has 0 unspecified atom stereocenters. The van der Waals surface area contributed by atoms with Crippen LogP contribution in [0.15, 0.2) is 30.5 Å². The van der Waals surface area contributed by atoms with Crippen LogP contribution in [0.25, 0.3) is 0 Å². The molecular formula is C22H26F2N2O4. The molecule has 0 saturated carbocycles. The average molecular weight is 420 g/mol. The summed E-state index contributed by atoms with van der Waals surface area (Å²) in [5.74, 6) is -3.29. The topological polar surface area (TPSA) is 80.7 Å². The average Bonchev–Trinajstić information content (AvgIpc) is 3.05. The Morgan fingerprint density at radius 3 is 2.70 bits per heavy atom. The summed E-state index contributed by atoms with van der Waals surface area (Å²) in [4.78, 5) is 17.2. The SMILES string of the molecule is CC[C@H](O)c1ccc(NC(=O)[C@@H]2OC(C)(C)C[C@H]2c2ccc(F)c(F)c2OC)cn1. The van der Waals surface area contributed by atoms with Crippen LogP contribution in [-0.2, 0) is 9.53 Å². The zero-order chi connectivity index (χ0) is 22.1. The van der Waals surface area contributed by atoms with E-state index in [4.69, 9.17) is 9.47 Å². The van der Waals surface area contributed by atoms with Gasteiger partial charge in [0.15, 0.2) is 11.6 Å². The van der Waals surface area contributed by atoms with Gasteiger partial charge in [-0.05, 0) is 44.9 Å². The van der Waals surface area contributed by atoms with Crippen molar-refractivity contribution < 1.29 is 28.2 Å². The molecule has 0 aliphatic carbocycles. The molecular weight excluding hydrogens is 394 g/mol. The number of nitrogens with one attached hydrogen (secondary N) is 1. The molecule has 1 aromatic carbocycles. The van der Waals surface area contributed by atoms with E-state index in [1.54, 1.807) is 12.1 Å². The second-order valence-corrected chi connectivity index (χ2v) is 7.98. The Morgan fingerprint density at radius 1 is 1.37 bits per heavy atom. The van der Waals surface area contributed by atoms with E-state index in [1.165, 1.54) is 19.4 Å². The van der Waals surface area contributed by atoms with Gasteiger partial charge < -0.3 is 19.9 Å². The fraction of sp³-hybridized carbons (Fsp3) is 0.455. The summed E-state index contributed by atoms with van der Waals surface area (Å²) in [6.45, 7) is 5.51. The van der Waals surface area contributed by atoms with Crippen LogP contribution >= 0.6 is 0 Å². The highest BCUT2D eigenvalue weighted by molar-refractivity contribution is 5.95. The van der Waals surface area contributed by atoms with Crippen LogP contribution < -0.4 is 10.1 Å². The van der Waals surface area contributed by atoms with Gasteiger partial charge in [-0.3, -0.25) is 9.78 Å². The molecule has 1 aliphatic heterocycles. The number of aromatic nitrogens is 1. The minimum atomic E-state index is -1.09. The maximum Gasteiger partial charge on any atom is 0.254 e. The third kappa shape index (κ3) is 4.44. The maximum absolute atomic E-state index is 14.2. The minimum absolute atomic E-state index is 0.223. The highest BCUT2D eigenvalue weighted by Crippen LogP contribution is 2.45. The second kappa shape index (κ2) is 8.65. The van der Waals surface area contributed by atoms with E-state index in [0.29, 0.717) is 29.8 Å². The lowest BCUT2D eigenvalue weighted by Gasteiger charge is -2.21. The zero-order valence-electron chi connectivity index (χ0n) is 17.4. The molecule has 3 atom stereocenters. The number of carbonyl (C=O) groups excluding carboxylic acids is 1. The van der Waals surface area contributed by atoms with Crippen LogP contribution in [0.3, 0.4) is 0 Å². The van der Waals surface area contributed by atoms with Crippen molar-refractivity contribution in [2.75, 3.05) is 12.4 Å². The van der Waals surface area contributed by atoms with Gasteiger partial charge in [0.05, 0.1) is 36.4 Å².